The topological polar surface area (TPSA) is 57.7 Å². The van der Waals surface area contributed by atoms with E-state index in [9.17, 15) is 14.4 Å². The Morgan fingerprint density at radius 1 is 1.07 bits per heavy atom. The van der Waals surface area contributed by atoms with E-state index in [0.717, 1.165) is 25.8 Å². The first kappa shape index (κ1) is 24.6. The van der Waals surface area contributed by atoms with Gasteiger partial charge in [0.05, 0.1) is 0 Å². The van der Waals surface area contributed by atoms with Crippen molar-refractivity contribution >= 4 is 17.6 Å². The van der Waals surface area contributed by atoms with E-state index in [-0.39, 0.29) is 47.4 Å². The summed E-state index contributed by atoms with van der Waals surface area (Å²) in [6.07, 6.45) is 3.89. The van der Waals surface area contributed by atoms with E-state index >= 15 is 0 Å². The van der Waals surface area contributed by atoms with Crippen LogP contribution >= 0.6 is 0 Å². The van der Waals surface area contributed by atoms with Gasteiger partial charge in [-0.1, -0.05) is 48.0 Å². The van der Waals surface area contributed by atoms with Gasteiger partial charge in [-0.15, -0.1) is 0 Å². The number of ketones is 1. The van der Waals surface area contributed by atoms with Crippen LogP contribution in [0.4, 0.5) is 0 Å². The molecule has 162 valence electrons. The lowest BCUT2D eigenvalue weighted by Crippen LogP contribution is -2.47. The standard InChI is InChI=1S/C23H42N2O3/c1-9-15(3)23(24(8)21(27)10-2)16(4)14-22(28)25-13-11-12-20(25)18(6)17(5)19(7)26/h15-18,20,23H,9-14H2,1-8H3. The van der Waals surface area contributed by atoms with E-state index < -0.39 is 0 Å². The Hall–Kier alpha value is -1.39. The Bertz CT molecular complexity index is 548. The maximum atomic E-state index is 13.2. The molecule has 1 aliphatic heterocycles. The lowest BCUT2D eigenvalue weighted by atomic mass is 9.83. The SMILES string of the molecule is CCC(=O)N(C)C(C(C)CC)C(C)CC(=O)N1CCCC1C(C)C(C)C(C)=O. The second kappa shape index (κ2) is 11.0. The van der Waals surface area contributed by atoms with Crippen LogP contribution < -0.4 is 0 Å². The lowest BCUT2D eigenvalue weighted by molar-refractivity contribution is -0.139. The maximum Gasteiger partial charge on any atom is 0.223 e. The third kappa shape index (κ3) is 5.81. The van der Waals surface area contributed by atoms with Crippen molar-refractivity contribution in [1.82, 2.24) is 9.80 Å². The minimum atomic E-state index is -0.0306. The van der Waals surface area contributed by atoms with Gasteiger partial charge >= 0.3 is 0 Å². The summed E-state index contributed by atoms with van der Waals surface area (Å²) in [6.45, 7) is 14.8. The van der Waals surface area contributed by atoms with Crippen molar-refractivity contribution in [2.75, 3.05) is 13.6 Å². The van der Waals surface area contributed by atoms with Crippen molar-refractivity contribution in [3.63, 3.8) is 0 Å². The first-order valence-corrected chi connectivity index (χ1v) is 11.1. The maximum absolute atomic E-state index is 13.2. The molecule has 28 heavy (non-hydrogen) atoms. The number of carbonyl (C=O) groups excluding carboxylic acids is 3. The molecule has 6 atom stereocenters. The summed E-state index contributed by atoms with van der Waals surface area (Å²) in [6, 6.07) is 0.215. The zero-order valence-corrected chi connectivity index (χ0v) is 19.3. The van der Waals surface area contributed by atoms with E-state index in [0.29, 0.717) is 18.8 Å². The van der Waals surface area contributed by atoms with Gasteiger partial charge < -0.3 is 9.80 Å². The Balaban J connectivity index is 2.90. The van der Waals surface area contributed by atoms with Crippen LogP contribution in [0.5, 0.6) is 0 Å². The van der Waals surface area contributed by atoms with Gasteiger partial charge in [0, 0.05) is 44.4 Å². The van der Waals surface area contributed by atoms with Crippen molar-refractivity contribution in [2.24, 2.45) is 23.7 Å². The van der Waals surface area contributed by atoms with Crippen LogP contribution in [0.3, 0.4) is 0 Å². The number of hydrogen-bond acceptors (Lipinski definition) is 3. The van der Waals surface area contributed by atoms with E-state index in [4.69, 9.17) is 0 Å². The van der Waals surface area contributed by atoms with Crippen LogP contribution in [-0.4, -0.2) is 53.1 Å². The molecule has 0 aromatic rings. The highest BCUT2D eigenvalue weighted by Gasteiger charge is 2.38. The van der Waals surface area contributed by atoms with Gasteiger partial charge in [0.2, 0.25) is 11.8 Å². The molecule has 0 radical (unpaired) electrons. The molecule has 6 unspecified atom stereocenters. The van der Waals surface area contributed by atoms with Gasteiger partial charge in [-0.05, 0) is 37.5 Å². The lowest BCUT2D eigenvalue weighted by Gasteiger charge is -2.38. The van der Waals surface area contributed by atoms with Crippen molar-refractivity contribution in [3.05, 3.63) is 0 Å². The molecule has 1 saturated heterocycles. The molecule has 0 spiro atoms. The van der Waals surface area contributed by atoms with Crippen LogP contribution in [0.25, 0.3) is 0 Å². The molecule has 0 aromatic carbocycles. The molecular weight excluding hydrogens is 352 g/mol. The van der Waals surface area contributed by atoms with Gasteiger partial charge in [-0.25, -0.2) is 0 Å². The fraction of sp³-hybridized carbons (Fsp3) is 0.870. The highest BCUT2D eigenvalue weighted by molar-refractivity contribution is 5.79. The number of rotatable bonds is 10. The van der Waals surface area contributed by atoms with Crippen LogP contribution in [0.1, 0.15) is 80.6 Å². The molecule has 0 saturated carbocycles. The Morgan fingerprint density at radius 3 is 2.18 bits per heavy atom. The molecule has 5 nitrogen and oxygen atoms in total. The molecule has 0 bridgehead atoms. The number of amides is 2. The number of Topliss-reactive ketones (excluding diaryl/α,β-unsaturated/α-hetero) is 1. The van der Waals surface area contributed by atoms with Gasteiger partial charge in [0.1, 0.15) is 5.78 Å². The fourth-order valence-electron chi connectivity index (χ4n) is 4.85. The Labute approximate surface area is 172 Å². The number of nitrogens with zero attached hydrogens (tertiary/aromatic N) is 2. The minimum Gasteiger partial charge on any atom is -0.342 e. The number of carbonyl (C=O) groups is 3. The first-order chi connectivity index (χ1) is 13.1. The van der Waals surface area contributed by atoms with E-state index in [1.54, 1.807) is 6.92 Å². The average Bonchev–Trinajstić information content (AvgIpc) is 3.15. The summed E-state index contributed by atoms with van der Waals surface area (Å²) in [7, 11) is 1.87. The Kier molecular flexibility index (Phi) is 9.65. The highest BCUT2D eigenvalue weighted by atomic mass is 16.2. The normalized spacial score (nSPS) is 22.3. The van der Waals surface area contributed by atoms with Crippen LogP contribution in [0.2, 0.25) is 0 Å². The third-order valence-electron chi connectivity index (χ3n) is 7.11. The predicted molar refractivity (Wildman–Crippen MR) is 114 cm³/mol. The van der Waals surface area contributed by atoms with Crippen molar-refractivity contribution in [3.8, 4) is 0 Å². The fourth-order valence-corrected chi connectivity index (χ4v) is 4.85. The summed E-state index contributed by atoms with van der Waals surface area (Å²) in [4.78, 5) is 41.2. The first-order valence-electron chi connectivity index (χ1n) is 11.1. The predicted octanol–water partition coefficient (Wildman–Crippen LogP) is 4.15. The molecule has 1 heterocycles. The quantitative estimate of drug-likeness (QED) is 0.559. The van der Waals surface area contributed by atoms with Crippen molar-refractivity contribution in [2.45, 2.75) is 92.7 Å². The monoisotopic (exact) mass is 394 g/mol. The van der Waals surface area contributed by atoms with Crippen LogP contribution in [-0.2, 0) is 14.4 Å². The summed E-state index contributed by atoms with van der Waals surface area (Å²) >= 11 is 0. The zero-order valence-electron chi connectivity index (χ0n) is 19.3. The summed E-state index contributed by atoms with van der Waals surface area (Å²) in [5.74, 6) is 1.08. The van der Waals surface area contributed by atoms with Crippen LogP contribution in [0.15, 0.2) is 0 Å². The van der Waals surface area contributed by atoms with Crippen LogP contribution in [0, 0.1) is 23.7 Å². The van der Waals surface area contributed by atoms with Gasteiger partial charge in [0.15, 0.2) is 0 Å². The number of likely N-dealkylation sites (tertiary alicyclic amines) is 1. The molecule has 0 N–H and O–H groups in total. The van der Waals surface area contributed by atoms with Gasteiger partial charge in [-0.2, -0.15) is 0 Å². The molecule has 0 aromatic heterocycles. The second-order valence-electron chi connectivity index (χ2n) is 8.97. The summed E-state index contributed by atoms with van der Waals surface area (Å²) < 4.78 is 0. The summed E-state index contributed by atoms with van der Waals surface area (Å²) in [5.41, 5.74) is 0. The van der Waals surface area contributed by atoms with Gasteiger partial charge in [-0.3, -0.25) is 14.4 Å². The van der Waals surface area contributed by atoms with Crippen molar-refractivity contribution in [1.29, 1.82) is 0 Å². The molecule has 1 aliphatic rings. The second-order valence-corrected chi connectivity index (χ2v) is 8.97. The molecular formula is C23H42N2O3. The van der Waals surface area contributed by atoms with E-state index in [1.807, 2.05) is 30.7 Å². The smallest absolute Gasteiger partial charge is 0.223 e. The largest absolute Gasteiger partial charge is 0.342 e. The average molecular weight is 395 g/mol. The molecule has 0 aliphatic carbocycles. The third-order valence-corrected chi connectivity index (χ3v) is 7.11. The number of hydrogen-bond donors (Lipinski definition) is 0. The molecule has 5 heteroatoms. The van der Waals surface area contributed by atoms with E-state index in [2.05, 4.69) is 27.7 Å². The molecule has 1 rings (SSSR count). The zero-order chi connectivity index (χ0) is 21.6. The van der Waals surface area contributed by atoms with Crippen molar-refractivity contribution < 1.29 is 14.4 Å². The summed E-state index contributed by atoms with van der Waals surface area (Å²) in [5, 5.41) is 0. The molecule has 2 amide bonds. The van der Waals surface area contributed by atoms with Gasteiger partial charge in [0.25, 0.3) is 0 Å². The highest BCUT2D eigenvalue weighted by Crippen LogP contribution is 2.31. The Morgan fingerprint density at radius 2 is 1.68 bits per heavy atom. The molecule has 1 fully saturated rings. The van der Waals surface area contributed by atoms with E-state index in [1.165, 1.54) is 0 Å². The minimum absolute atomic E-state index is 0.0306.